The summed E-state index contributed by atoms with van der Waals surface area (Å²) < 4.78 is 13.6. The summed E-state index contributed by atoms with van der Waals surface area (Å²) in [6.45, 7) is 4.05. The molecule has 3 aromatic rings. The van der Waals surface area contributed by atoms with Gasteiger partial charge in [0.2, 0.25) is 0 Å². The first-order chi connectivity index (χ1) is 13.9. The van der Waals surface area contributed by atoms with Crippen molar-refractivity contribution in [2.24, 2.45) is 5.10 Å². The van der Waals surface area contributed by atoms with Crippen LogP contribution in [0.15, 0.2) is 58.1 Å². The zero-order valence-electron chi connectivity index (χ0n) is 16.7. The van der Waals surface area contributed by atoms with Crippen LogP contribution in [0.5, 0.6) is 11.5 Å². The molecule has 0 unspecified atom stereocenters. The van der Waals surface area contributed by atoms with Crippen LogP contribution in [0.4, 0.5) is 0 Å². The SMILES string of the molecule is COc1ccc(C(=O)N/N=C\c2cc(C)n(-c3ccc(Br)cc3)c2C)c(OC)c1. The van der Waals surface area contributed by atoms with Crippen molar-refractivity contribution in [3.8, 4) is 17.2 Å². The van der Waals surface area contributed by atoms with E-state index in [1.54, 1.807) is 31.5 Å². The standard InChI is InChI=1S/C22H22BrN3O3/c1-14-11-16(15(2)26(14)18-7-5-17(23)6-8-18)13-24-25-22(27)20-10-9-19(28-3)12-21(20)29-4/h5-13H,1-4H3,(H,25,27)/b24-13-. The van der Waals surface area contributed by atoms with E-state index in [1.807, 2.05) is 44.2 Å². The molecule has 0 atom stereocenters. The molecule has 0 aliphatic rings. The van der Waals surface area contributed by atoms with Crippen LogP contribution in [-0.4, -0.2) is 30.9 Å². The maximum Gasteiger partial charge on any atom is 0.275 e. The largest absolute Gasteiger partial charge is 0.497 e. The molecule has 2 aromatic carbocycles. The third-order valence-electron chi connectivity index (χ3n) is 4.58. The van der Waals surface area contributed by atoms with Crippen molar-refractivity contribution in [2.75, 3.05) is 14.2 Å². The highest BCUT2D eigenvalue weighted by Gasteiger charge is 2.13. The highest BCUT2D eigenvalue weighted by Crippen LogP contribution is 2.24. The molecule has 1 heterocycles. The summed E-state index contributed by atoms with van der Waals surface area (Å²) in [5, 5.41) is 4.13. The molecule has 0 aliphatic carbocycles. The van der Waals surface area contributed by atoms with Gasteiger partial charge in [-0.3, -0.25) is 4.79 Å². The van der Waals surface area contributed by atoms with Gasteiger partial charge in [0.1, 0.15) is 11.5 Å². The van der Waals surface area contributed by atoms with Crippen LogP contribution in [0.1, 0.15) is 27.3 Å². The van der Waals surface area contributed by atoms with Crippen molar-refractivity contribution in [3.63, 3.8) is 0 Å². The van der Waals surface area contributed by atoms with E-state index in [2.05, 4.69) is 31.0 Å². The van der Waals surface area contributed by atoms with Crippen LogP contribution in [0.3, 0.4) is 0 Å². The van der Waals surface area contributed by atoms with E-state index in [0.29, 0.717) is 17.1 Å². The van der Waals surface area contributed by atoms with Gasteiger partial charge in [-0.15, -0.1) is 0 Å². The number of hydrazone groups is 1. The number of rotatable bonds is 6. The minimum Gasteiger partial charge on any atom is -0.497 e. The number of halogens is 1. The van der Waals surface area contributed by atoms with Gasteiger partial charge in [0.05, 0.1) is 26.0 Å². The summed E-state index contributed by atoms with van der Waals surface area (Å²) in [7, 11) is 3.06. The Balaban J connectivity index is 1.78. The predicted molar refractivity (Wildman–Crippen MR) is 118 cm³/mol. The molecule has 150 valence electrons. The molecule has 7 heteroatoms. The average molecular weight is 456 g/mol. The summed E-state index contributed by atoms with van der Waals surface area (Å²) in [5.74, 6) is 0.676. The fourth-order valence-electron chi connectivity index (χ4n) is 3.11. The van der Waals surface area contributed by atoms with Crippen LogP contribution >= 0.6 is 15.9 Å². The molecule has 0 bridgehead atoms. The topological polar surface area (TPSA) is 64.8 Å². The number of methoxy groups -OCH3 is 2. The van der Waals surface area contributed by atoms with E-state index in [9.17, 15) is 4.79 Å². The fourth-order valence-corrected chi connectivity index (χ4v) is 3.38. The van der Waals surface area contributed by atoms with Gasteiger partial charge >= 0.3 is 0 Å². The number of aryl methyl sites for hydroxylation is 1. The number of hydrogen-bond donors (Lipinski definition) is 1. The second-order valence-electron chi connectivity index (χ2n) is 6.40. The molecule has 0 fully saturated rings. The molecule has 1 amide bonds. The van der Waals surface area contributed by atoms with Gasteiger partial charge in [-0.2, -0.15) is 5.10 Å². The first kappa shape index (κ1) is 20.7. The third kappa shape index (κ3) is 4.51. The first-order valence-electron chi connectivity index (χ1n) is 8.95. The second-order valence-corrected chi connectivity index (χ2v) is 7.32. The lowest BCUT2D eigenvalue weighted by atomic mass is 10.2. The molecule has 0 saturated carbocycles. The van der Waals surface area contributed by atoms with Crippen molar-refractivity contribution in [1.29, 1.82) is 0 Å². The minimum atomic E-state index is -0.359. The smallest absolute Gasteiger partial charge is 0.275 e. The molecule has 0 radical (unpaired) electrons. The number of amides is 1. The Morgan fingerprint density at radius 2 is 1.79 bits per heavy atom. The maximum absolute atomic E-state index is 12.5. The minimum absolute atomic E-state index is 0.359. The summed E-state index contributed by atoms with van der Waals surface area (Å²) in [4.78, 5) is 12.5. The molecule has 1 aromatic heterocycles. The molecule has 0 spiro atoms. The van der Waals surface area contributed by atoms with E-state index in [0.717, 1.165) is 27.1 Å². The lowest BCUT2D eigenvalue weighted by molar-refractivity contribution is 0.0952. The number of carbonyl (C=O) groups is 1. The molecule has 29 heavy (non-hydrogen) atoms. The average Bonchev–Trinajstić information content (AvgIpc) is 3.01. The predicted octanol–water partition coefficient (Wildman–Crippen LogP) is 4.64. The van der Waals surface area contributed by atoms with Gasteiger partial charge in [-0.1, -0.05) is 15.9 Å². The van der Waals surface area contributed by atoms with Gasteiger partial charge in [-0.05, 0) is 56.3 Å². The molecule has 1 N–H and O–H groups in total. The Hall–Kier alpha value is -3.06. The van der Waals surface area contributed by atoms with Crippen molar-refractivity contribution in [1.82, 2.24) is 9.99 Å². The number of carbonyl (C=O) groups excluding carboxylic acids is 1. The lowest BCUT2D eigenvalue weighted by Gasteiger charge is -2.09. The van der Waals surface area contributed by atoms with Gasteiger partial charge in [0.15, 0.2) is 0 Å². The van der Waals surface area contributed by atoms with E-state index in [1.165, 1.54) is 7.11 Å². The lowest BCUT2D eigenvalue weighted by Crippen LogP contribution is -2.18. The highest BCUT2D eigenvalue weighted by atomic mass is 79.9. The van der Waals surface area contributed by atoms with Crippen LogP contribution in [0, 0.1) is 13.8 Å². The van der Waals surface area contributed by atoms with E-state index in [4.69, 9.17) is 9.47 Å². The number of hydrogen-bond acceptors (Lipinski definition) is 4. The maximum atomic E-state index is 12.5. The summed E-state index contributed by atoms with van der Waals surface area (Å²) in [5.41, 5.74) is 7.04. The van der Waals surface area contributed by atoms with Crippen molar-refractivity contribution in [2.45, 2.75) is 13.8 Å². The summed E-state index contributed by atoms with van der Waals surface area (Å²) in [6, 6.07) is 15.1. The Morgan fingerprint density at radius 3 is 2.45 bits per heavy atom. The Kier molecular flexibility index (Phi) is 6.39. The van der Waals surface area contributed by atoms with Gasteiger partial charge in [0, 0.05) is 33.2 Å². The zero-order valence-corrected chi connectivity index (χ0v) is 18.3. The molecule has 0 saturated heterocycles. The van der Waals surface area contributed by atoms with Gasteiger partial charge < -0.3 is 14.0 Å². The highest BCUT2D eigenvalue weighted by molar-refractivity contribution is 9.10. The molecular weight excluding hydrogens is 434 g/mol. The van der Waals surface area contributed by atoms with Crippen molar-refractivity contribution >= 4 is 28.1 Å². The van der Waals surface area contributed by atoms with Crippen molar-refractivity contribution < 1.29 is 14.3 Å². The van der Waals surface area contributed by atoms with E-state index >= 15 is 0 Å². The second kappa shape index (κ2) is 8.96. The van der Waals surface area contributed by atoms with Crippen LogP contribution in [0.2, 0.25) is 0 Å². The summed E-state index contributed by atoms with van der Waals surface area (Å²) >= 11 is 3.46. The molecular formula is C22H22BrN3O3. The van der Waals surface area contributed by atoms with Gasteiger partial charge in [-0.25, -0.2) is 5.43 Å². The Morgan fingerprint density at radius 1 is 1.07 bits per heavy atom. The Bertz CT molecular complexity index is 1060. The Labute approximate surface area is 178 Å². The third-order valence-corrected chi connectivity index (χ3v) is 5.11. The summed E-state index contributed by atoms with van der Waals surface area (Å²) in [6.07, 6.45) is 1.64. The van der Waals surface area contributed by atoms with Crippen LogP contribution in [0.25, 0.3) is 5.69 Å². The number of benzene rings is 2. The molecule has 6 nitrogen and oxygen atoms in total. The fraction of sp³-hybridized carbons (Fsp3) is 0.182. The number of aromatic nitrogens is 1. The van der Waals surface area contributed by atoms with Gasteiger partial charge in [0.25, 0.3) is 5.91 Å². The van der Waals surface area contributed by atoms with Crippen LogP contribution in [-0.2, 0) is 0 Å². The monoisotopic (exact) mass is 455 g/mol. The number of nitrogens with zero attached hydrogens (tertiary/aromatic N) is 2. The van der Waals surface area contributed by atoms with Crippen LogP contribution < -0.4 is 14.9 Å². The quantitative estimate of drug-likeness (QED) is 0.434. The zero-order chi connectivity index (χ0) is 21.0. The van der Waals surface area contributed by atoms with Crippen molar-refractivity contribution in [3.05, 3.63) is 75.5 Å². The number of ether oxygens (including phenoxy) is 2. The molecule has 0 aliphatic heterocycles. The normalized spacial score (nSPS) is 10.9. The molecule has 3 rings (SSSR count). The first-order valence-corrected chi connectivity index (χ1v) is 9.74. The van der Waals surface area contributed by atoms with E-state index < -0.39 is 0 Å². The number of nitrogens with one attached hydrogen (secondary N) is 1. The van der Waals surface area contributed by atoms with E-state index in [-0.39, 0.29) is 5.91 Å².